The van der Waals surface area contributed by atoms with Gasteiger partial charge < -0.3 is 9.47 Å². The van der Waals surface area contributed by atoms with E-state index in [2.05, 4.69) is 41.5 Å². The van der Waals surface area contributed by atoms with Crippen molar-refractivity contribution in [3.8, 4) is 0 Å². The fraction of sp³-hybridized carbons (Fsp3) is 1.00. The first-order chi connectivity index (χ1) is 17.6. The lowest BCUT2D eigenvalue weighted by Gasteiger charge is -2.29. The predicted molar refractivity (Wildman–Crippen MR) is 162 cm³/mol. The maximum atomic E-state index is 6.49. The SMILES string of the molecule is CCCCCCCCCCCCC(CCCCCCCCCC)C(OCC(C)CC)OCC(C)CC. The number of unbranched alkanes of at least 4 members (excludes halogenated alkanes) is 16. The molecule has 0 heterocycles. The van der Waals surface area contributed by atoms with Crippen molar-refractivity contribution in [1.29, 1.82) is 0 Å². The van der Waals surface area contributed by atoms with Crippen molar-refractivity contribution in [3.05, 3.63) is 0 Å². The molecule has 0 aromatic carbocycles. The van der Waals surface area contributed by atoms with Crippen LogP contribution in [0.2, 0.25) is 0 Å². The molecule has 0 rings (SSSR count). The minimum Gasteiger partial charge on any atom is -0.352 e. The van der Waals surface area contributed by atoms with Crippen LogP contribution in [-0.4, -0.2) is 19.5 Å². The number of rotatable bonds is 29. The molecule has 0 radical (unpaired) electrons. The molecule has 0 aliphatic rings. The first-order valence-electron chi connectivity index (χ1n) is 16.8. The summed E-state index contributed by atoms with van der Waals surface area (Å²) in [5.74, 6) is 1.79. The van der Waals surface area contributed by atoms with Crippen molar-refractivity contribution in [3.63, 3.8) is 0 Å². The maximum absolute atomic E-state index is 6.49. The Morgan fingerprint density at radius 3 is 1.03 bits per heavy atom. The zero-order chi connectivity index (χ0) is 26.7. The van der Waals surface area contributed by atoms with Crippen molar-refractivity contribution in [2.45, 2.75) is 189 Å². The monoisotopic (exact) mass is 511 g/mol. The summed E-state index contributed by atoms with van der Waals surface area (Å²) in [6, 6.07) is 0. The lowest BCUT2D eigenvalue weighted by atomic mass is 9.93. The second-order valence-corrected chi connectivity index (χ2v) is 12.1. The van der Waals surface area contributed by atoms with Crippen molar-refractivity contribution in [2.75, 3.05) is 13.2 Å². The molecule has 0 amide bonds. The molecule has 2 heteroatoms. The van der Waals surface area contributed by atoms with Crippen LogP contribution >= 0.6 is 0 Å². The molecule has 2 nitrogen and oxygen atoms in total. The normalized spacial score (nSPS) is 15.2. The molecule has 36 heavy (non-hydrogen) atoms. The Morgan fingerprint density at radius 1 is 0.417 bits per heavy atom. The van der Waals surface area contributed by atoms with Gasteiger partial charge in [-0.3, -0.25) is 0 Å². The minimum absolute atomic E-state index is 0.00359. The Morgan fingerprint density at radius 2 is 0.722 bits per heavy atom. The largest absolute Gasteiger partial charge is 0.352 e. The van der Waals surface area contributed by atoms with Gasteiger partial charge in [-0.2, -0.15) is 0 Å². The third-order valence-electron chi connectivity index (χ3n) is 8.23. The van der Waals surface area contributed by atoms with E-state index >= 15 is 0 Å². The van der Waals surface area contributed by atoms with E-state index in [0.29, 0.717) is 17.8 Å². The van der Waals surface area contributed by atoms with E-state index in [1.165, 1.54) is 141 Å². The summed E-state index contributed by atoms with van der Waals surface area (Å²) < 4.78 is 13.0. The second kappa shape index (κ2) is 27.9. The number of ether oxygens (including phenoxy) is 2. The van der Waals surface area contributed by atoms with E-state index in [-0.39, 0.29) is 6.29 Å². The Bertz CT molecular complexity index is 396. The quantitative estimate of drug-likeness (QED) is 0.0735. The van der Waals surface area contributed by atoms with Gasteiger partial charge in [0.1, 0.15) is 0 Å². The molecule has 218 valence electrons. The van der Waals surface area contributed by atoms with E-state index < -0.39 is 0 Å². The molecule has 0 N–H and O–H groups in total. The van der Waals surface area contributed by atoms with Crippen LogP contribution in [0.3, 0.4) is 0 Å². The van der Waals surface area contributed by atoms with Gasteiger partial charge in [-0.1, -0.05) is 170 Å². The third-order valence-corrected chi connectivity index (χ3v) is 8.23. The van der Waals surface area contributed by atoms with E-state index in [0.717, 1.165) is 13.2 Å². The molecular formula is C34H70O2. The van der Waals surface area contributed by atoms with Crippen LogP contribution in [0, 0.1) is 17.8 Å². The number of hydrogen-bond donors (Lipinski definition) is 0. The van der Waals surface area contributed by atoms with E-state index in [4.69, 9.17) is 9.47 Å². The molecule has 0 spiro atoms. The van der Waals surface area contributed by atoms with Crippen LogP contribution < -0.4 is 0 Å². The summed E-state index contributed by atoms with van der Waals surface area (Å²) in [4.78, 5) is 0. The second-order valence-electron chi connectivity index (χ2n) is 12.1. The highest BCUT2D eigenvalue weighted by molar-refractivity contribution is 4.67. The summed E-state index contributed by atoms with van der Waals surface area (Å²) in [6.07, 6.45) is 30.1. The first-order valence-corrected chi connectivity index (χ1v) is 16.8. The van der Waals surface area contributed by atoms with Crippen molar-refractivity contribution >= 4 is 0 Å². The van der Waals surface area contributed by atoms with Gasteiger partial charge in [-0.15, -0.1) is 0 Å². The molecular weight excluding hydrogens is 440 g/mol. The first kappa shape index (κ1) is 35.9. The fourth-order valence-corrected chi connectivity index (χ4v) is 4.93. The topological polar surface area (TPSA) is 18.5 Å². The van der Waals surface area contributed by atoms with Crippen LogP contribution in [-0.2, 0) is 9.47 Å². The van der Waals surface area contributed by atoms with Crippen LogP contribution in [0.15, 0.2) is 0 Å². The molecule has 0 bridgehead atoms. The average molecular weight is 511 g/mol. The molecule has 0 saturated heterocycles. The fourth-order valence-electron chi connectivity index (χ4n) is 4.93. The minimum atomic E-state index is -0.00359. The summed E-state index contributed by atoms with van der Waals surface area (Å²) in [6.45, 7) is 15.4. The lowest BCUT2D eigenvalue weighted by molar-refractivity contribution is -0.187. The zero-order valence-corrected chi connectivity index (χ0v) is 26.1. The molecule has 3 unspecified atom stereocenters. The van der Waals surface area contributed by atoms with E-state index in [1.54, 1.807) is 0 Å². The molecule has 0 fully saturated rings. The molecule has 0 aromatic rings. The summed E-state index contributed by atoms with van der Waals surface area (Å²) in [7, 11) is 0. The van der Waals surface area contributed by atoms with E-state index in [9.17, 15) is 0 Å². The standard InChI is InChI=1S/C34H70O2/c1-7-11-13-15-17-19-20-22-24-26-28-33(27-25-23-21-18-16-14-12-8-2)34(35-29-31(5)9-3)36-30-32(6)10-4/h31-34H,7-30H2,1-6H3. The summed E-state index contributed by atoms with van der Waals surface area (Å²) in [5.41, 5.74) is 0. The maximum Gasteiger partial charge on any atom is 0.160 e. The van der Waals surface area contributed by atoms with Crippen molar-refractivity contribution < 1.29 is 9.47 Å². The Balaban J connectivity index is 4.59. The summed E-state index contributed by atoms with van der Waals surface area (Å²) in [5, 5.41) is 0. The third kappa shape index (κ3) is 23.1. The van der Waals surface area contributed by atoms with Gasteiger partial charge in [-0.25, -0.2) is 0 Å². The molecule has 0 saturated carbocycles. The average Bonchev–Trinajstić information content (AvgIpc) is 2.89. The van der Waals surface area contributed by atoms with E-state index in [1.807, 2.05) is 0 Å². The van der Waals surface area contributed by atoms with Crippen molar-refractivity contribution in [2.24, 2.45) is 17.8 Å². The lowest BCUT2D eigenvalue weighted by Crippen LogP contribution is -2.31. The molecule has 0 aliphatic heterocycles. The smallest absolute Gasteiger partial charge is 0.160 e. The van der Waals surface area contributed by atoms with Crippen LogP contribution in [0.1, 0.15) is 183 Å². The zero-order valence-electron chi connectivity index (χ0n) is 26.1. The molecule has 3 atom stereocenters. The van der Waals surface area contributed by atoms with Crippen LogP contribution in [0.5, 0.6) is 0 Å². The van der Waals surface area contributed by atoms with Crippen molar-refractivity contribution in [1.82, 2.24) is 0 Å². The van der Waals surface area contributed by atoms with Crippen LogP contribution in [0.4, 0.5) is 0 Å². The van der Waals surface area contributed by atoms with Crippen LogP contribution in [0.25, 0.3) is 0 Å². The van der Waals surface area contributed by atoms with Gasteiger partial charge in [-0.05, 0) is 24.7 Å². The van der Waals surface area contributed by atoms with Gasteiger partial charge in [0.15, 0.2) is 6.29 Å². The highest BCUT2D eigenvalue weighted by atomic mass is 16.7. The molecule has 0 aromatic heterocycles. The highest BCUT2D eigenvalue weighted by Crippen LogP contribution is 2.26. The highest BCUT2D eigenvalue weighted by Gasteiger charge is 2.24. The Kier molecular flexibility index (Phi) is 27.9. The predicted octanol–water partition coefficient (Wildman–Crippen LogP) is 11.9. The van der Waals surface area contributed by atoms with Gasteiger partial charge >= 0.3 is 0 Å². The van der Waals surface area contributed by atoms with Gasteiger partial charge in [0.2, 0.25) is 0 Å². The Hall–Kier alpha value is -0.0800. The number of hydrogen-bond acceptors (Lipinski definition) is 2. The van der Waals surface area contributed by atoms with Gasteiger partial charge in [0.05, 0.1) is 13.2 Å². The van der Waals surface area contributed by atoms with Gasteiger partial charge in [0, 0.05) is 5.92 Å². The Labute approximate surface area is 229 Å². The summed E-state index contributed by atoms with van der Waals surface area (Å²) >= 11 is 0. The molecule has 0 aliphatic carbocycles. The van der Waals surface area contributed by atoms with Gasteiger partial charge in [0.25, 0.3) is 0 Å².